The van der Waals surface area contributed by atoms with Crippen molar-refractivity contribution in [2.45, 2.75) is 103 Å². The zero-order valence-corrected chi connectivity index (χ0v) is 26.0. The average molecular weight is 614 g/mol. The van der Waals surface area contributed by atoms with Crippen LogP contribution in [0.2, 0.25) is 0 Å². The maximum atomic E-state index is 12.8. The molecule has 0 atom stereocenters. The molecule has 0 unspecified atom stereocenters. The van der Waals surface area contributed by atoms with Crippen molar-refractivity contribution >= 4 is 39.3 Å². The van der Waals surface area contributed by atoms with Gasteiger partial charge in [0.25, 0.3) is 0 Å². The molecule has 1 fully saturated rings. The number of aryl methyl sites for hydroxylation is 2. The molecule has 3 aromatic rings. The summed E-state index contributed by atoms with van der Waals surface area (Å²) in [4.78, 5) is 12.8. The zero-order valence-electron chi connectivity index (χ0n) is 23.6. The number of nitrogens with one attached hydrogen (secondary N) is 1. The van der Waals surface area contributed by atoms with Crippen LogP contribution in [-0.2, 0) is 17.8 Å². The summed E-state index contributed by atoms with van der Waals surface area (Å²) in [5.74, 6) is 2.29. The molecule has 1 heterocycles. The molecule has 6 nitrogen and oxygen atoms in total. The van der Waals surface area contributed by atoms with Gasteiger partial charge in [0.15, 0.2) is 11.0 Å². The zero-order chi connectivity index (χ0) is 27.8. The topological polar surface area (TPSA) is 69.0 Å². The Kier molecular flexibility index (Phi) is 10.9. The summed E-state index contributed by atoms with van der Waals surface area (Å²) in [5.41, 5.74) is 4.44. The molecule has 0 radical (unpaired) electrons. The standard InChI is InChI=1S/C31H41BrN4O2S/c1-5-6-10-23-13-15-24(16-14-23)33-30(37)20-39-31-35-34-29(36(31)25-11-8-7-9-12-25)19-38-28-17-22(4)27(32)18-26(28)21(2)3/h13-18,21,25H,5-12,19-20H2,1-4H3,(H,33,37). The van der Waals surface area contributed by atoms with Crippen molar-refractivity contribution < 1.29 is 9.53 Å². The minimum atomic E-state index is -0.0378. The number of hydrogen-bond donors (Lipinski definition) is 1. The van der Waals surface area contributed by atoms with Gasteiger partial charge in [-0.05, 0) is 79.5 Å². The van der Waals surface area contributed by atoms with E-state index in [0.29, 0.717) is 18.6 Å². The number of aromatic nitrogens is 3. The van der Waals surface area contributed by atoms with Crippen LogP contribution in [0.5, 0.6) is 5.75 Å². The van der Waals surface area contributed by atoms with Crippen LogP contribution in [-0.4, -0.2) is 26.4 Å². The lowest BCUT2D eigenvalue weighted by molar-refractivity contribution is -0.113. The summed E-state index contributed by atoms with van der Waals surface area (Å²) < 4.78 is 9.70. The quantitative estimate of drug-likeness (QED) is 0.207. The number of ether oxygens (including phenoxy) is 1. The highest BCUT2D eigenvalue weighted by atomic mass is 79.9. The molecule has 1 aromatic heterocycles. The molecule has 4 rings (SSSR count). The highest BCUT2D eigenvalue weighted by Gasteiger charge is 2.24. The van der Waals surface area contributed by atoms with Gasteiger partial charge in [0, 0.05) is 16.2 Å². The second-order valence-corrected chi connectivity index (χ2v) is 12.6. The largest absolute Gasteiger partial charge is 0.485 e. The molecule has 1 saturated carbocycles. The lowest BCUT2D eigenvalue weighted by atomic mass is 9.95. The Balaban J connectivity index is 1.45. The molecular formula is C31H41BrN4O2S. The monoisotopic (exact) mass is 612 g/mol. The molecule has 8 heteroatoms. The highest BCUT2D eigenvalue weighted by Crippen LogP contribution is 2.35. The molecule has 2 aromatic carbocycles. The molecule has 210 valence electrons. The van der Waals surface area contributed by atoms with Gasteiger partial charge in [0.2, 0.25) is 5.91 Å². The van der Waals surface area contributed by atoms with Gasteiger partial charge in [0.1, 0.15) is 12.4 Å². The van der Waals surface area contributed by atoms with E-state index < -0.39 is 0 Å². The van der Waals surface area contributed by atoms with Crippen LogP contribution in [0.3, 0.4) is 0 Å². The van der Waals surface area contributed by atoms with E-state index in [0.717, 1.165) is 51.7 Å². The Morgan fingerprint density at radius 3 is 2.59 bits per heavy atom. The molecule has 0 bridgehead atoms. The summed E-state index contributed by atoms with van der Waals surface area (Å²) in [6, 6.07) is 12.8. The van der Waals surface area contributed by atoms with Gasteiger partial charge in [0.05, 0.1) is 5.75 Å². The first-order chi connectivity index (χ1) is 18.9. The summed E-state index contributed by atoms with van der Waals surface area (Å²) in [6.45, 7) is 8.97. The fourth-order valence-corrected chi connectivity index (χ4v) is 6.25. The summed E-state index contributed by atoms with van der Waals surface area (Å²) in [5, 5.41) is 12.9. The number of nitrogens with zero attached hydrogens (tertiary/aromatic N) is 3. The Bertz CT molecular complexity index is 1240. The number of benzene rings is 2. The van der Waals surface area contributed by atoms with Crippen LogP contribution in [0.15, 0.2) is 46.0 Å². The average Bonchev–Trinajstić information content (AvgIpc) is 3.35. The number of thioether (sulfide) groups is 1. The number of hydrogen-bond acceptors (Lipinski definition) is 5. The fraction of sp³-hybridized carbons (Fsp3) is 0.516. The van der Waals surface area contributed by atoms with E-state index in [-0.39, 0.29) is 11.7 Å². The van der Waals surface area contributed by atoms with Crippen molar-refractivity contribution in [1.29, 1.82) is 0 Å². The first-order valence-corrected chi connectivity index (χ1v) is 16.0. The van der Waals surface area contributed by atoms with Crippen LogP contribution in [0.4, 0.5) is 5.69 Å². The van der Waals surface area contributed by atoms with E-state index in [1.165, 1.54) is 55.0 Å². The van der Waals surface area contributed by atoms with Crippen LogP contribution in [0.25, 0.3) is 0 Å². The minimum absolute atomic E-state index is 0.0378. The number of anilines is 1. The second kappa shape index (κ2) is 14.4. The molecule has 1 aliphatic carbocycles. The van der Waals surface area contributed by atoms with Crippen LogP contribution in [0, 0.1) is 6.92 Å². The number of halogens is 1. The van der Waals surface area contributed by atoms with Gasteiger partial charge in [-0.25, -0.2) is 0 Å². The third-order valence-electron chi connectivity index (χ3n) is 7.33. The molecular weight excluding hydrogens is 572 g/mol. The van der Waals surface area contributed by atoms with Gasteiger partial charge >= 0.3 is 0 Å². The van der Waals surface area contributed by atoms with Crippen LogP contribution in [0.1, 0.15) is 100 Å². The van der Waals surface area contributed by atoms with Gasteiger partial charge < -0.3 is 10.1 Å². The summed E-state index contributed by atoms with van der Waals surface area (Å²) >= 11 is 5.11. The summed E-state index contributed by atoms with van der Waals surface area (Å²) in [7, 11) is 0. The van der Waals surface area contributed by atoms with Crippen molar-refractivity contribution in [3.05, 3.63) is 63.4 Å². The van der Waals surface area contributed by atoms with Gasteiger partial charge in [-0.15, -0.1) is 10.2 Å². The van der Waals surface area contributed by atoms with E-state index in [9.17, 15) is 4.79 Å². The predicted octanol–water partition coefficient (Wildman–Crippen LogP) is 8.63. The van der Waals surface area contributed by atoms with Crippen LogP contribution >= 0.6 is 27.7 Å². The molecule has 0 aliphatic heterocycles. The Labute approximate surface area is 245 Å². The number of carbonyl (C=O) groups is 1. The normalized spacial score (nSPS) is 14.1. The smallest absolute Gasteiger partial charge is 0.234 e. The van der Waals surface area contributed by atoms with Crippen molar-refractivity contribution in [2.75, 3.05) is 11.1 Å². The van der Waals surface area contributed by atoms with E-state index >= 15 is 0 Å². The third-order valence-corrected chi connectivity index (χ3v) is 9.13. The minimum Gasteiger partial charge on any atom is -0.485 e. The third kappa shape index (κ3) is 8.10. The first-order valence-electron chi connectivity index (χ1n) is 14.2. The highest BCUT2D eigenvalue weighted by molar-refractivity contribution is 9.10. The molecule has 39 heavy (non-hydrogen) atoms. The van der Waals surface area contributed by atoms with Crippen molar-refractivity contribution in [3.63, 3.8) is 0 Å². The van der Waals surface area contributed by atoms with Crippen molar-refractivity contribution in [1.82, 2.24) is 14.8 Å². The van der Waals surface area contributed by atoms with Gasteiger partial charge in [-0.2, -0.15) is 0 Å². The maximum Gasteiger partial charge on any atom is 0.234 e. The van der Waals surface area contributed by atoms with Crippen molar-refractivity contribution in [2.24, 2.45) is 0 Å². The van der Waals surface area contributed by atoms with E-state index in [1.807, 2.05) is 12.1 Å². The predicted molar refractivity (Wildman–Crippen MR) is 164 cm³/mol. The molecule has 1 aliphatic rings. The van der Waals surface area contributed by atoms with E-state index in [2.05, 4.69) is 88.0 Å². The maximum absolute atomic E-state index is 12.8. The van der Waals surface area contributed by atoms with E-state index in [4.69, 9.17) is 4.74 Å². The van der Waals surface area contributed by atoms with Gasteiger partial charge in [-0.1, -0.05) is 86.3 Å². The number of carbonyl (C=O) groups excluding carboxylic acids is 1. The lowest BCUT2D eigenvalue weighted by Gasteiger charge is -2.25. The van der Waals surface area contributed by atoms with Crippen molar-refractivity contribution in [3.8, 4) is 5.75 Å². The molecule has 0 spiro atoms. The SMILES string of the molecule is CCCCc1ccc(NC(=O)CSc2nnc(COc3cc(C)c(Br)cc3C(C)C)n2C2CCCCC2)cc1. The Morgan fingerprint density at radius 2 is 1.90 bits per heavy atom. The second-order valence-electron chi connectivity index (χ2n) is 10.8. The molecule has 1 N–H and O–H groups in total. The fourth-order valence-electron chi connectivity index (χ4n) is 5.06. The summed E-state index contributed by atoms with van der Waals surface area (Å²) in [6.07, 6.45) is 9.30. The van der Waals surface area contributed by atoms with Gasteiger partial charge in [-0.3, -0.25) is 9.36 Å². The van der Waals surface area contributed by atoms with Crippen LogP contribution < -0.4 is 10.1 Å². The Morgan fingerprint density at radius 1 is 1.15 bits per heavy atom. The first kappa shape index (κ1) is 29.7. The number of unbranched alkanes of at least 4 members (excludes halogenated alkanes) is 1. The molecule has 0 saturated heterocycles. The Hall–Kier alpha value is -2.32. The molecule has 1 amide bonds. The number of rotatable bonds is 12. The lowest BCUT2D eigenvalue weighted by Crippen LogP contribution is -2.19. The van der Waals surface area contributed by atoms with E-state index in [1.54, 1.807) is 0 Å². The number of amides is 1.